The van der Waals surface area contributed by atoms with Crippen molar-refractivity contribution < 1.29 is 4.79 Å². The van der Waals surface area contributed by atoms with Gasteiger partial charge in [0.2, 0.25) is 5.91 Å². The summed E-state index contributed by atoms with van der Waals surface area (Å²) in [6, 6.07) is 5.65. The molecule has 0 saturated heterocycles. The highest BCUT2D eigenvalue weighted by atomic mass is 35.5. The molecule has 1 aromatic carbocycles. The number of hydrogen-bond acceptors (Lipinski definition) is 2. The number of primary amides is 1. The van der Waals surface area contributed by atoms with Crippen LogP contribution in [0.25, 0.3) is 10.9 Å². The summed E-state index contributed by atoms with van der Waals surface area (Å²) in [5.74, 6) is -0.363. The van der Waals surface area contributed by atoms with Gasteiger partial charge < -0.3 is 15.6 Å². The molecule has 0 saturated carbocycles. The third-order valence-electron chi connectivity index (χ3n) is 2.62. The molecular weight excluding hydrogens is 238 g/mol. The van der Waals surface area contributed by atoms with Gasteiger partial charge in [0.15, 0.2) is 0 Å². The number of hydrogen-bond donors (Lipinski definition) is 2. The molecule has 0 spiro atoms. The molecule has 2 rings (SSSR count). The molecule has 0 fully saturated rings. The number of nitrogens with two attached hydrogens (primary N) is 1. The van der Waals surface area contributed by atoms with Crippen LogP contribution in [-0.2, 0) is 17.9 Å². The molecule has 1 heterocycles. The fourth-order valence-corrected chi connectivity index (χ4v) is 2.14. The van der Waals surface area contributed by atoms with E-state index in [1.807, 2.05) is 36.0 Å². The summed E-state index contributed by atoms with van der Waals surface area (Å²) in [4.78, 5) is 11.0. The van der Waals surface area contributed by atoms with Crippen LogP contribution in [0.1, 0.15) is 5.56 Å². The molecule has 0 unspecified atom stereocenters. The minimum Gasteiger partial charge on any atom is -0.368 e. The number of aromatic nitrogens is 1. The number of carbonyl (C=O) groups is 1. The Morgan fingerprint density at radius 1 is 1.53 bits per heavy atom. The maximum atomic E-state index is 11.0. The van der Waals surface area contributed by atoms with E-state index in [9.17, 15) is 4.79 Å². The zero-order chi connectivity index (χ0) is 12.4. The molecule has 1 aromatic heterocycles. The van der Waals surface area contributed by atoms with Crippen LogP contribution in [0.2, 0.25) is 5.02 Å². The maximum Gasteiger partial charge on any atom is 0.237 e. The lowest BCUT2D eigenvalue weighted by molar-refractivity contribution is -0.118. The van der Waals surface area contributed by atoms with Gasteiger partial charge in [0.25, 0.3) is 0 Å². The van der Waals surface area contributed by atoms with E-state index in [0.717, 1.165) is 23.0 Å². The minimum absolute atomic E-state index is 0.167. The lowest BCUT2D eigenvalue weighted by Crippen LogP contribution is -2.18. The van der Waals surface area contributed by atoms with Gasteiger partial charge >= 0.3 is 0 Å². The largest absolute Gasteiger partial charge is 0.368 e. The second-order valence-corrected chi connectivity index (χ2v) is 4.38. The summed E-state index contributed by atoms with van der Waals surface area (Å²) in [5, 5.41) is 4.83. The summed E-state index contributed by atoms with van der Waals surface area (Å²) in [5.41, 5.74) is 7.29. The topological polar surface area (TPSA) is 60.1 Å². The third kappa shape index (κ3) is 2.43. The van der Waals surface area contributed by atoms with Gasteiger partial charge in [-0.3, -0.25) is 4.79 Å². The average molecular weight is 252 g/mol. The normalized spacial score (nSPS) is 10.9. The van der Waals surface area contributed by atoms with Crippen LogP contribution in [-0.4, -0.2) is 17.5 Å². The quantitative estimate of drug-likeness (QED) is 0.865. The SMILES string of the molecule is CNCc1cn(CC(N)=O)c2cc(Cl)ccc12. The van der Waals surface area contributed by atoms with Gasteiger partial charge in [-0.1, -0.05) is 17.7 Å². The highest BCUT2D eigenvalue weighted by Crippen LogP contribution is 2.24. The molecule has 3 N–H and O–H groups in total. The van der Waals surface area contributed by atoms with Crippen LogP contribution in [0.5, 0.6) is 0 Å². The minimum atomic E-state index is -0.363. The molecule has 0 radical (unpaired) electrons. The number of nitrogens with zero attached hydrogens (tertiary/aromatic N) is 1. The molecule has 2 aromatic rings. The van der Waals surface area contributed by atoms with Gasteiger partial charge in [-0.2, -0.15) is 0 Å². The zero-order valence-corrected chi connectivity index (χ0v) is 10.3. The van der Waals surface area contributed by atoms with Gasteiger partial charge in [-0.15, -0.1) is 0 Å². The molecule has 0 bridgehead atoms. The molecule has 0 atom stereocenters. The Morgan fingerprint density at radius 3 is 2.94 bits per heavy atom. The first-order valence-electron chi connectivity index (χ1n) is 5.32. The number of carbonyl (C=O) groups excluding carboxylic acids is 1. The lowest BCUT2D eigenvalue weighted by atomic mass is 10.2. The summed E-state index contributed by atoms with van der Waals surface area (Å²) >= 11 is 5.97. The Kier molecular flexibility index (Phi) is 3.36. The first-order chi connectivity index (χ1) is 8.11. The van der Waals surface area contributed by atoms with Crippen molar-refractivity contribution >= 4 is 28.4 Å². The number of benzene rings is 1. The second kappa shape index (κ2) is 4.77. The summed E-state index contributed by atoms with van der Waals surface area (Å²) in [7, 11) is 1.88. The van der Waals surface area contributed by atoms with Crippen molar-refractivity contribution in [1.82, 2.24) is 9.88 Å². The fraction of sp³-hybridized carbons (Fsp3) is 0.250. The van der Waals surface area contributed by atoms with Crippen LogP contribution in [0, 0.1) is 0 Å². The summed E-state index contributed by atoms with van der Waals surface area (Å²) in [6.45, 7) is 0.907. The van der Waals surface area contributed by atoms with Crippen LogP contribution in [0.4, 0.5) is 0 Å². The highest BCUT2D eigenvalue weighted by Gasteiger charge is 2.09. The molecular formula is C12H14ClN3O. The monoisotopic (exact) mass is 251 g/mol. The van der Waals surface area contributed by atoms with Crippen LogP contribution < -0.4 is 11.1 Å². The molecule has 0 aliphatic heterocycles. The Hall–Kier alpha value is -1.52. The van der Waals surface area contributed by atoms with E-state index in [1.54, 1.807) is 0 Å². The van der Waals surface area contributed by atoms with E-state index >= 15 is 0 Å². The lowest BCUT2D eigenvalue weighted by Gasteiger charge is -2.01. The smallest absolute Gasteiger partial charge is 0.237 e. The van der Waals surface area contributed by atoms with Crippen molar-refractivity contribution in [2.45, 2.75) is 13.1 Å². The number of rotatable bonds is 4. The van der Waals surface area contributed by atoms with Crippen molar-refractivity contribution in [3.63, 3.8) is 0 Å². The predicted octanol–water partition coefficient (Wildman–Crippen LogP) is 1.50. The molecule has 0 aliphatic carbocycles. The Morgan fingerprint density at radius 2 is 2.29 bits per heavy atom. The van der Waals surface area contributed by atoms with E-state index in [4.69, 9.17) is 17.3 Å². The second-order valence-electron chi connectivity index (χ2n) is 3.94. The molecule has 90 valence electrons. The summed E-state index contributed by atoms with van der Waals surface area (Å²) in [6.07, 6.45) is 1.93. The van der Waals surface area contributed by atoms with Crippen LogP contribution >= 0.6 is 11.6 Å². The third-order valence-corrected chi connectivity index (χ3v) is 2.86. The Labute approximate surface area is 104 Å². The molecule has 4 nitrogen and oxygen atoms in total. The average Bonchev–Trinajstić information content (AvgIpc) is 2.56. The maximum absolute atomic E-state index is 11.0. The van der Waals surface area contributed by atoms with Gasteiger partial charge in [0.05, 0.1) is 5.52 Å². The molecule has 5 heteroatoms. The van der Waals surface area contributed by atoms with Crippen molar-refractivity contribution in [1.29, 1.82) is 0 Å². The van der Waals surface area contributed by atoms with Crippen molar-refractivity contribution in [2.24, 2.45) is 5.73 Å². The highest BCUT2D eigenvalue weighted by molar-refractivity contribution is 6.31. The first-order valence-corrected chi connectivity index (χ1v) is 5.70. The number of halogens is 1. The van der Waals surface area contributed by atoms with Crippen molar-refractivity contribution in [3.05, 3.63) is 35.0 Å². The number of nitrogens with one attached hydrogen (secondary N) is 1. The standard InChI is InChI=1S/C12H14ClN3O/c1-15-5-8-6-16(7-12(14)17)11-4-9(13)2-3-10(8)11/h2-4,6,15H,5,7H2,1H3,(H2,14,17). The van der Waals surface area contributed by atoms with Crippen molar-refractivity contribution in [3.8, 4) is 0 Å². The van der Waals surface area contributed by atoms with Crippen LogP contribution in [0.3, 0.4) is 0 Å². The number of fused-ring (bicyclic) bond motifs is 1. The van der Waals surface area contributed by atoms with Crippen molar-refractivity contribution in [2.75, 3.05) is 7.05 Å². The van der Waals surface area contributed by atoms with E-state index in [2.05, 4.69) is 5.32 Å². The van der Waals surface area contributed by atoms with E-state index in [0.29, 0.717) is 5.02 Å². The molecule has 0 aliphatic rings. The van der Waals surface area contributed by atoms with Crippen LogP contribution in [0.15, 0.2) is 24.4 Å². The predicted molar refractivity (Wildman–Crippen MR) is 68.9 cm³/mol. The van der Waals surface area contributed by atoms with Gasteiger partial charge in [-0.05, 0) is 24.7 Å². The van der Waals surface area contributed by atoms with E-state index in [1.165, 1.54) is 0 Å². The van der Waals surface area contributed by atoms with Gasteiger partial charge in [-0.25, -0.2) is 0 Å². The Balaban J connectivity index is 2.57. The summed E-state index contributed by atoms with van der Waals surface area (Å²) < 4.78 is 1.83. The fourth-order valence-electron chi connectivity index (χ4n) is 1.97. The molecule has 17 heavy (non-hydrogen) atoms. The Bertz CT molecular complexity index is 562. The van der Waals surface area contributed by atoms with E-state index < -0.39 is 0 Å². The van der Waals surface area contributed by atoms with Gasteiger partial charge in [0.1, 0.15) is 6.54 Å². The first kappa shape index (κ1) is 12.0. The van der Waals surface area contributed by atoms with Gasteiger partial charge in [0, 0.05) is 23.2 Å². The van der Waals surface area contributed by atoms with E-state index in [-0.39, 0.29) is 12.5 Å². The molecule has 1 amide bonds. The zero-order valence-electron chi connectivity index (χ0n) is 9.53. The number of amides is 1.